The summed E-state index contributed by atoms with van der Waals surface area (Å²) in [6.07, 6.45) is 1.50. The molecule has 1 aliphatic rings. The van der Waals surface area contributed by atoms with Crippen LogP contribution in [0.2, 0.25) is 0 Å². The van der Waals surface area contributed by atoms with Crippen molar-refractivity contribution in [2.45, 2.75) is 19.3 Å². The SMILES string of the molecule is CCOC(=O)C1(C(=O)OCC)C(Br)=Cc2cc([N+](=O)[O-])ccc21. The molecule has 1 aliphatic carbocycles. The third-order valence-corrected chi connectivity index (χ3v) is 4.28. The maximum atomic E-state index is 12.5. The first-order chi connectivity index (χ1) is 10.9. The van der Waals surface area contributed by atoms with Crippen LogP contribution in [0.1, 0.15) is 25.0 Å². The van der Waals surface area contributed by atoms with Crippen LogP contribution < -0.4 is 0 Å². The van der Waals surface area contributed by atoms with Gasteiger partial charge in [0.15, 0.2) is 0 Å². The zero-order valence-corrected chi connectivity index (χ0v) is 14.1. The van der Waals surface area contributed by atoms with E-state index in [0.29, 0.717) is 11.1 Å². The minimum atomic E-state index is -1.78. The Bertz CT molecular complexity index is 694. The molecule has 0 fully saturated rings. The van der Waals surface area contributed by atoms with Crippen LogP contribution in [0.25, 0.3) is 6.08 Å². The van der Waals surface area contributed by atoms with E-state index in [1.807, 2.05) is 0 Å². The fraction of sp³-hybridized carbons (Fsp3) is 0.333. The van der Waals surface area contributed by atoms with Gasteiger partial charge in [0.25, 0.3) is 5.69 Å². The summed E-state index contributed by atoms with van der Waals surface area (Å²) in [5.74, 6) is -1.57. The highest BCUT2D eigenvalue weighted by atomic mass is 79.9. The fourth-order valence-corrected chi connectivity index (χ4v) is 3.26. The average molecular weight is 384 g/mol. The Labute approximate surface area is 140 Å². The van der Waals surface area contributed by atoms with Crippen molar-refractivity contribution in [3.63, 3.8) is 0 Å². The minimum Gasteiger partial charge on any atom is -0.465 e. The number of hydrogen-bond acceptors (Lipinski definition) is 6. The summed E-state index contributed by atoms with van der Waals surface area (Å²) in [5.41, 5.74) is -1.22. The molecule has 0 unspecified atom stereocenters. The van der Waals surface area contributed by atoms with Crippen LogP contribution >= 0.6 is 15.9 Å². The summed E-state index contributed by atoms with van der Waals surface area (Å²) in [4.78, 5) is 35.5. The van der Waals surface area contributed by atoms with Crippen LogP contribution in [-0.2, 0) is 24.5 Å². The molecule has 0 aliphatic heterocycles. The Morgan fingerprint density at radius 2 is 1.78 bits per heavy atom. The van der Waals surface area contributed by atoms with Crippen LogP contribution in [0.15, 0.2) is 22.7 Å². The lowest BCUT2D eigenvalue weighted by Crippen LogP contribution is -2.45. The van der Waals surface area contributed by atoms with E-state index >= 15 is 0 Å². The Hall–Kier alpha value is -2.22. The Balaban J connectivity index is 2.66. The molecule has 1 aromatic rings. The molecule has 8 heteroatoms. The number of esters is 2. The van der Waals surface area contributed by atoms with Gasteiger partial charge in [-0.25, -0.2) is 0 Å². The van der Waals surface area contributed by atoms with Crippen LogP contribution in [0.5, 0.6) is 0 Å². The number of hydrogen-bond donors (Lipinski definition) is 0. The fourth-order valence-electron chi connectivity index (χ4n) is 2.47. The summed E-state index contributed by atoms with van der Waals surface area (Å²) in [7, 11) is 0. The summed E-state index contributed by atoms with van der Waals surface area (Å²) in [6, 6.07) is 3.92. The van der Waals surface area contributed by atoms with Crippen LogP contribution in [0, 0.1) is 10.1 Å². The number of benzene rings is 1. The van der Waals surface area contributed by atoms with E-state index in [1.165, 1.54) is 24.3 Å². The number of ether oxygens (including phenoxy) is 2. The molecular formula is C15H14BrNO6. The van der Waals surface area contributed by atoms with Crippen molar-refractivity contribution in [3.05, 3.63) is 43.9 Å². The molecule has 0 saturated carbocycles. The number of carbonyl (C=O) groups is 2. The van der Waals surface area contributed by atoms with E-state index in [2.05, 4.69) is 15.9 Å². The number of rotatable bonds is 5. The van der Waals surface area contributed by atoms with Gasteiger partial charge < -0.3 is 9.47 Å². The number of nitrogens with zero attached hydrogens (tertiary/aromatic N) is 1. The monoisotopic (exact) mass is 383 g/mol. The lowest BCUT2D eigenvalue weighted by atomic mass is 9.82. The number of non-ortho nitro benzene ring substituents is 1. The maximum Gasteiger partial charge on any atom is 0.333 e. The average Bonchev–Trinajstić information content (AvgIpc) is 2.79. The molecule has 0 aromatic heterocycles. The standard InChI is InChI=1S/C15H14BrNO6/c1-3-22-13(18)15(14(19)23-4-2)11-6-5-10(17(20)21)7-9(11)8-12(15)16/h5-8H,3-4H2,1-2H3. The number of carbonyl (C=O) groups excluding carboxylic acids is 2. The molecule has 23 heavy (non-hydrogen) atoms. The maximum absolute atomic E-state index is 12.5. The lowest BCUT2D eigenvalue weighted by Gasteiger charge is -2.26. The smallest absolute Gasteiger partial charge is 0.333 e. The normalized spacial score (nSPS) is 14.7. The zero-order chi connectivity index (χ0) is 17.2. The highest BCUT2D eigenvalue weighted by molar-refractivity contribution is 9.12. The van der Waals surface area contributed by atoms with Gasteiger partial charge in [0.05, 0.1) is 18.1 Å². The zero-order valence-electron chi connectivity index (χ0n) is 12.5. The molecule has 0 atom stereocenters. The topological polar surface area (TPSA) is 95.7 Å². The third-order valence-electron chi connectivity index (χ3n) is 3.45. The van der Waals surface area contributed by atoms with Crippen molar-refractivity contribution in [3.8, 4) is 0 Å². The van der Waals surface area contributed by atoms with Gasteiger partial charge in [-0.2, -0.15) is 0 Å². The quantitative estimate of drug-likeness (QED) is 0.335. The number of fused-ring (bicyclic) bond motifs is 1. The summed E-state index contributed by atoms with van der Waals surface area (Å²) < 4.78 is 10.3. The van der Waals surface area contributed by atoms with Crippen molar-refractivity contribution < 1.29 is 24.0 Å². The van der Waals surface area contributed by atoms with Gasteiger partial charge in [-0.1, -0.05) is 15.9 Å². The predicted octanol–water partition coefficient (Wildman–Crippen LogP) is 2.71. The molecule has 2 rings (SSSR count). The van der Waals surface area contributed by atoms with Gasteiger partial charge in [-0.15, -0.1) is 0 Å². The molecule has 0 bridgehead atoms. The largest absolute Gasteiger partial charge is 0.465 e. The Morgan fingerprint density at radius 3 is 2.26 bits per heavy atom. The van der Waals surface area contributed by atoms with Gasteiger partial charge in [0, 0.05) is 16.6 Å². The molecule has 0 radical (unpaired) electrons. The van der Waals surface area contributed by atoms with E-state index in [9.17, 15) is 19.7 Å². The molecule has 0 spiro atoms. The van der Waals surface area contributed by atoms with E-state index < -0.39 is 22.3 Å². The molecule has 7 nitrogen and oxygen atoms in total. The highest BCUT2D eigenvalue weighted by Crippen LogP contribution is 2.47. The van der Waals surface area contributed by atoms with Crippen molar-refractivity contribution in [2.24, 2.45) is 0 Å². The second-order valence-corrected chi connectivity index (χ2v) is 5.57. The van der Waals surface area contributed by atoms with Crippen LogP contribution in [-0.4, -0.2) is 30.1 Å². The van der Waals surface area contributed by atoms with Gasteiger partial charge in [-0.05, 0) is 37.1 Å². The number of nitro benzene ring substituents is 1. The lowest BCUT2D eigenvalue weighted by molar-refractivity contribution is -0.384. The molecular weight excluding hydrogens is 370 g/mol. The van der Waals surface area contributed by atoms with Crippen molar-refractivity contribution >= 4 is 39.6 Å². The summed E-state index contributed by atoms with van der Waals surface area (Å²) >= 11 is 3.24. The van der Waals surface area contributed by atoms with E-state index in [0.717, 1.165) is 0 Å². The van der Waals surface area contributed by atoms with Gasteiger partial charge in [0.1, 0.15) is 0 Å². The first-order valence-electron chi connectivity index (χ1n) is 6.90. The van der Waals surface area contributed by atoms with Gasteiger partial charge >= 0.3 is 11.9 Å². The second kappa shape index (κ2) is 6.49. The third kappa shape index (κ3) is 2.63. The number of halogens is 1. The summed E-state index contributed by atoms with van der Waals surface area (Å²) in [6.45, 7) is 3.42. The first-order valence-corrected chi connectivity index (χ1v) is 7.69. The van der Waals surface area contributed by atoms with Crippen molar-refractivity contribution in [1.82, 2.24) is 0 Å². The first kappa shape index (κ1) is 17.1. The summed E-state index contributed by atoms with van der Waals surface area (Å²) in [5, 5.41) is 10.9. The van der Waals surface area contributed by atoms with Crippen LogP contribution in [0.3, 0.4) is 0 Å². The minimum absolute atomic E-state index is 0.0859. The Kier molecular flexibility index (Phi) is 4.84. The van der Waals surface area contributed by atoms with E-state index in [4.69, 9.17) is 9.47 Å². The Morgan fingerprint density at radius 1 is 1.22 bits per heavy atom. The molecule has 0 N–H and O–H groups in total. The predicted molar refractivity (Wildman–Crippen MR) is 84.9 cm³/mol. The molecule has 122 valence electrons. The molecule has 0 amide bonds. The second-order valence-electron chi connectivity index (χ2n) is 4.71. The highest BCUT2D eigenvalue weighted by Gasteiger charge is 2.56. The molecule has 0 saturated heterocycles. The van der Waals surface area contributed by atoms with E-state index in [1.54, 1.807) is 13.8 Å². The van der Waals surface area contributed by atoms with Crippen molar-refractivity contribution in [2.75, 3.05) is 13.2 Å². The van der Waals surface area contributed by atoms with E-state index in [-0.39, 0.29) is 23.4 Å². The van der Waals surface area contributed by atoms with Crippen LogP contribution in [0.4, 0.5) is 5.69 Å². The van der Waals surface area contributed by atoms with Crippen molar-refractivity contribution in [1.29, 1.82) is 0 Å². The number of nitro groups is 1. The van der Waals surface area contributed by atoms with Gasteiger partial charge in [-0.3, -0.25) is 19.7 Å². The van der Waals surface area contributed by atoms with Gasteiger partial charge in [0.2, 0.25) is 5.41 Å². The molecule has 1 aromatic carbocycles. The molecule has 0 heterocycles.